The van der Waals surface area contributed by atoms with Gasteiger partial charge in [0.15, 0.2) is 0 Å². The highest BCUT2D eigenvalue weighted by molar-refractivity contribution is 5.97. The number of hydrogen-bond acceptors (Lipinski definition) is 3. The first kappa shape index (κ1) is 18.3. The lowest BCUT2D eigenvalue weighted by Crippen LogP contribution is -2.23. The van der Waals surface area contributed by atoms with Gasteiger partial charge in [0.05, 0.1) is 23.4 Å². The summed E-state index contributed by atoms with van der Waals surface area (Å²) in [6, 6.07) is 16.0. The molecule has 0 aliphatic carbocycles. The number of amides is 1. The lowest BCUT2D eigenvalue weighted by atomic mass is 9.95. The second-order valence-corrected chi connectivity index (χ2v) is 7.60. The Bertz CT molecular complexity index is 1040. The van der Waals surface area contributed by atoms with Gasteiger partial charge in [-0.25, -0.2) is 4.39 Å². The van der Waals surface area contributed by atoms with Crippen LogP contribution < -0.4 is 0 Å². The Morgan fingerprint density at radius 2 is 1.82 bits per heavy atom. The number of pyridine rings is 1. The van der Waals surface area contributed by atoms with E-state index in [9.17, 15) is 14.3 Å². The van der Waals surface area contributed by atoms with Crippen molar-refractivity contribution in [3.63, 3.8) is 0 Å². The van der Waals surface area contributed by atoms with E-state index in [0.717, 1.165) is 22.4 Å². The predicted molar refractivity (Wildman–Crippen MR) is 105 cm³/mol. The third kappa shape index (κ3) is 3.41. The molecular formula is C23H21FN2O2. The van der Waals surface area contributed by atoms with Crippen LogP contribution >= 0.6 is 0 Å². The molecule has 0 saturated carbocycles. The molecule has 0 saturated heterocycles. The standard InChI is InChI=1S/C23H21FN2O2/c1-23(2,28)18-9-7-15(8-10-18)16-5-6-17(20(24)12-16)13-26-14-21-19(22(26)27)4-3-11-25-21/h3-12,28H,13-14H2,1-2H3. The van der Waals surface area contributed by atoms with Crippen LogP contribution in [0.25, 0.3) is 11.1 Å². The van der Waals surface area contributed by atoms with Gasteiger partial charge < -0.3 is 10.0 Å². The lowest BCUT2D eigenvalue weighted by molar-refractivity contribution is 0.0763. The third-order valence-corrected chi connectivity index (χ3v) is 5.09. The van der Waals surface area contributed by atoms with Gasteiger partial charge in [-0.3, -0.25) is 9.78 Å². The minimum absolute atomic E-state index is 0.117. The number of carbonyl (C=O) groups is 1. The zero-order chi connectivity index (χ0) is 19.9. The molecule has 1 aliphatic rings. The van der Waals surface area contributed by atoms with Crippen molar-refractivity contribution in [3.05, 3.63) is 89.0 Å². The summed E-state index contributed by atoms with van der Waals surface area (Å²) in [5.41, 5.74) is 3.30. The van der Waals surface area contributed by atoms with Crippen LogP contribution in [-0.4, -0.2) is 20.9 Å². The van der Waals surface area contributed by atoms with Crippen LogP contribution in [0, 0.1) is 5.82 Å². The van der Waals surface area contributed by atoms with Gasteiger partial charge in [-0.05, 0) is 48.7 Å². The van der Waals surface area contributed by atoms with Crippen LogP contribution in [0.3, 0.4) is 0 Å². The van der Waals surface area contributed by atoms with E-state index < -0.39 is 5.60 Å². The van der Waals surface area contributed by atoms with Gasteiger partial charge in [-0.1, -0.05) is 36.4 Å². The molecule has 0 unspecified atom stereocenters. The summed E-state index contributed by atoms with van der Waals surface area (Å²) in [6.45, 7) is 4.06. The molecule has 0 bridgehead atoms. The van der Waals surface area contributed by atoms with Crippen LogP contribution in [0.4, 0.5) is 4.39 Å². The number of nitrogens with zero attached hydrogens (tertiary/aromatic N) is 2. The fourth-order valence-corrected chi connectivity index (χ4v) is 3.44. The topological polar surface area (TPSA) is 53.4 Å². The van der Waals surface area contributed by atoms with Gasteiger partial charge in [-0.15, -0.1) is 0 Å². The summed E-state index contributed by atoms with van der Waals surface area (Å²) in [7, 11) is 0. The van der Waals surface area contributed by atoms with Crippen molar-refractivity contribution >= 4 is 5.91 Å². The summed E-state index contributed by atoms with van der Waals surface area (Å²) >= 11 is 0. The van der Waals surface area contributed by atoms with Crippen molar-refractivity contribution in [3.8, 4) is 11.1 Å². The van der Waals surface area contributed by atoms with Crippen molar-refractivity contribution in [1.29, 1.82) is 0 Å². The van der Waals surface area contributed by atoms with Crippen molar-refractivity contribution in [2.75, 3.05) is 0 Å². The maximum absolute atomic E-state index is 14.7. The average molecular weight is 376 g/mol. The first-order valence-corrected chi connectivity index (χ1v) is 9.18. The molecule has 2 heterocycles. The fraction of sp³-hybridized carbons (Fsp3) is 0.217. The Morgan fingerprint density at radius 1 is 1.11 bits per heavy atom. The molecule has 3 aromatic rings. The van der Waals surface area contributed by atoms with E-state index in [4.69, 9.17) is 0 Å². The highest BCUT2D eigenvalue weighted by Crippen LogP contribution is 2.28. The van der Waals surface area contributed by atoms with Crippen molar-refractivity contribution in [2.24, 2.45) is 0 Å². The summed E-state index contributed by atoms with van der Waals surface area (Å²) in [5.74, 6) is -0.463. The molecule has 1 amide bonds. The molecule has 28 heavy (non-hydrogen) atoms. The first-order chi connectivity index (χ1) is 13.3. The number of hydrogen-bond donors (Lipinski definition) is 1. The fourth-order valence-electron chi connectivity index (χ4n) is 3.44. The molecule has 2 aromatic carbocycles. The van der Waals surface area contributed by atoms with Gasteiger partial charge in [0.25, 0.3) is 5.91 Å². The summed E-state index contributed by atoms with van der Waals surface area (Å²) < 4.78 is 14.7. The van der Waals surface area contributed by atoms with Crippen LogP contribution in [0.2, 0.25) is 0 Å². The van der Waals surface area contributed by atoms with E-state index in [1.807, 2.05) is 30.3 Å². The highest BCUT2D eigenvalue weighted by atomic mass is 19.1. The number of aliphatic hydroxyl groups is 1. The Hall–Kier alpha value is -3.05. The number of halogens is 1. The smallest absolute Gasteiger partial charge is 0.256 e. The van der Waals surface area contributed by atoms with Crippen LogP contribution in [-0.2, 0) is 18.7 Å². The molecular weight excluding hydrogens is 355 g/mol. The number of aromatic nitrogens is 1. The van der Waals surface area contributed by atoms with E-state index in [-0.39, 0.29) is 18.3 Å². The lowest BCUT2D eigenvalue weighted by Gasteiger charge is -2.18. The van der Waals surface area contributed by atoms with E-state index in [0.29, 0.717) is 17.7 Å². The predicted octanol–water partition coefficient (Wildman–Crippen LogP) is 4.27. The van der Waals surface area contributed by atoms with E-state index in [2.05, 4.69) is 4.98 Å². The van der Waals surface area contributed by atoms with Gasteiger partial charge in [0.1, 0.15) is 5.82 Å². The van der Waals surface area contributed by atoms with Crippen molar-refractivity contribution in [1.82, 2.24) is 9.88 Å². The quantitative estimate of drug-likeness (QED) is 0.740. The Kier molecular flexibility index (Phi) is 4.47. The second-order valence-electron chi connectivity index (χ2n) is 7.60. The molecule has 0 spiro atoms. The zero-order valence-corrected chi connectivity index (χ0v) is 15.8. The second kappa shape index (κ2) is 6.84. The minimum atomic E-state index is -0.914. The van der Waals surface area contributed by atoms with E-state index in [1.54, 1.807) is 43.1 Å². The van der Waals surface area contributed by atoms with E-state index in [1.165, 1.54) is 6.07 Å². The molecule has 0 radical (unpaired) electrons. The SMILES string of the molecule is CC(C)(O)c1ccc(-c2ccc(CN3Cc4ncccc4C3=O)c(F)c2)cc1. The first-order valence-electron chi connectivity index (χ1n) is 9.18. The largest absolute Gasteiger partial charge is 0.386 e. The summed E-state index contributed by atoms with van der Waals surface area (Å²) in [4.78, 5) is 18.3. The van der Waals surface area contributed by atoms with Crippen LogP contribution in [0.15, 0.2) is 60.8 Å². The molecule has 4 rings (SSSR count). The molecule has 4 nitrogen and oxygen atoms in total. The maximum atomic E-state index is 14.7. The van der Waals surface area contributed by atoms with Gasteiger partial charge >= 0.3 is 0 Å². The highest BCUT2D eigenvalue weighted by Gasteiger charge is 2.28. The number of rotatable bonds is 4. The summed E-state index contributed by atoms with van der Waals surface area (Å²) in [6.07, 6.45) is 1.66. The molecule has 1 aliphatic heterocycles. The minimum Gasteiger partial charge on any atom is -0.386 e. The maximum Gasteiger partial charge on any atom is 0.256 e. The van der Waals surface area contributed by atoms with Gasteiger partial charge in [0.2, 0.25) is 0 Å². The summed E-state index contributed by atoms with van der Waals surface area (Å²) in [5, 5.41) is 10.1. The number of fused-ring (bicyclic) bond motifs is 1. The Balaban J connectivity index is 1.53. The normalized spacial score (nSPS) is 13.7. The zero-order valence-electron chi connectivity index (χ0n) is 15.8. The molecule has 142 valence electrons. The monoisotopic (exact) mass is 376 g/mol. The Morgan fingerprint density at radius 3 is 2.46 bits per heavy atom. The van der Waals surface area contributed by atoms with Crippen molar-refractivity contribution in [2.45, 2.75) is 32.5 Å². The molecule has 5 heteroatoms. The van der Waals surface area contributed by atoms with Crippen LogP contribution in [0.5, 0.6) is 0 Å². The molecule has 0 fully saturated rings. The number of carbonyl (C=O) groups excluding carboxylic acids is 1. The van der Waals surface area contributed by atoms with E-state index >= 15 is 0 Å². The van der Waals surface area contributed by atoms with Crippen molar-refractivity contribution < 1.29 is 14.3 Å². The third-order valence-electron chi connectivity index (χ3n) is 5.09. The van der Waals surface area contributed by atoms with Gasteiger partial charge in [-0.2, -0.15) is 0 Å². The molecule has 0 atom stereocenters. The van der Waals surface area contributed by atoms with Gasteiger partial charge in [0, 0.05) is 18.3 Å². The number of benzene rings is 2. The van der Waals surface area contributed by atoms with Crippen LogP contribution in [0.1, 0.15) is 41.0 Å². The molecule has 1 N–H and O–H groups in total. The molecule has 1 aromatic heterocycles. The average Bonchev–Trinajstić information content (AvgIpc) is 2.99. The Labute approximate surface area is 163 Å².